The van der Waals surface area contributed by atoms with Crippen molar-refractivity contribution in [3.8, 4) is 10.7 Å². The molecule has 2 aromatic rings. The van der Waals surface area contributed by atoms with Crippen molar-refractivity contribution in [3.63, 3.8) is 0 Å². The van der Waals surface area contributed by atoms with E-state index in [4.69, 9.17) is 4.98 Å². The highest BCUT2D eigenvalue weighted by Gasteiger charge is 2.17. The van der Waals surface area contributed by atoms with Crippen LogP contribution in [0.1, 0.15) is 43.2 Å². The molecule has 0 amide bonds. The fraction of sp³-hybridized carbons (Fsp3) is 0.533. The van der Waals surface area contributed by atoms with Gasteiger partial charge in [-0.3, -0.25) is 9.97 Å². The molecule has 5 heteroatoms. The molecule has 0 spiro atoms. The molecule has 3 rings (SSSR count). The lowest BCUT2D eigenvalue weighted by atomic mass is 10.2. The van der Waals surface area contributed by atoms with Crippen molar-refractivity contribution in [2.45, 2.75) is 51.6 Å². The second-order valence-electron chi connectivity index (χ2n) is 5.20. The molecule has 0 saturated heterocycles. The summed E-state index contributed by atoms with van der Waals surface area (Å²) in [6, 6.07) is 0.696. The number of aromatic nitrogens is 3. The maximum absolute atomic E-state index is 4.72. The Hall–Kier alpha value is -1.33. The van der Waals surface area contributed by atoms with Crippen LogP contribution in [-0.2, 0) is 13.0 Å². The first-order valence-electron chi connectivity index (χ1n) is 7.35. The predicted molar refractivity (Wildman–Crippen MR) is 81.6 cm³/mol. The van der Waals surface area contributed by atoms with Gasteiger partial charge in [-0.25, -0.2) is 4.98 Å². The molecule has 0 bridgehead atoms. The lowest BCUT2D eigenvalue weighted by Crippen LogP contribution is -2.25. The molecule has 0 atom stereocenters. The zero-order valence-electron chi connectivity index (χ0n) is 11.8. The zero-order valence-corrected chi connectivity index (χ0v) is 12.6. The summed E-state index contributed by atoms with van der Waals surface area (Å²) >= 11 is 1.74. The van der Waals surface area contributed by atoms with Gasteiger partial charge >= 0.3 is 0 Å². The van der Waals surface area contributed by atoms with E-state index in [-0.39, 0.29) is 0 Å². The van der Waals surface area contributed by atoms with E-state index in [0.717, 1.165) is 23.7 Å². The second-order valence-corrected chi connectivity index (χ2v) is 6.28. The summed E-state index contributed by atoms with van der Waals surface area (Å²) in [5, 5.41) is 4.66. The molecule has 2 aromatic heterocycles. The smallest absolute Gasteiger partial charge is 0.144 e. The van der Waals surface area contributed by atoms with Gasteiger partial charge in [-0.2, -0.15) is 0 Å². The first-order valence-corrected chi connectivity index (χ1v) is 8.17. The first-order chi connectivity index (χ1) is 9.86. The van der Waals surface area contributed by atoms with Gasteiger partial charge in [0.25, 0.3) is 0 Å². The van der Waals surface area contributed by atoms with Crippen molar-refractivity contribution in [3.05, 3.63) is 29.2 Å². The molecular formula is C15H20N4S. The van der Waals surface area contributed by atoms with Gasteiger partial charge in [0, 0.05) is 29.9 Å². The van der Waals surface area contributed by atoms with E-state index in [1.54, 1.807) is 29.9 Å². The average Bonchev–Trinajstić information content (AvgIpc) is 3.15. The van der Waals surface area contributed by atoms with Crippen molar-refractivity contribution in [1.82, 2.24) is 20.3 Å². The molecule has 4 nitrogen and oxygen atoms in total. The van der Waals surface area contributed by atoms with Crippen molar-refractivity contribution >= 4 is 11.3 Å². The summed E-state index contributed by atoms with van der Waals surface area (Å²) in [6.45, 7) is 3.10. The monoisotopic (exact) mass is 288 g/mol. The molecule has 1 aliphatic carbocycles. The predicted octanol–water partition coefficient (Wildman–Crippen LogP) is 3.19. The highest BCUT2D eigenvalue weighted by molar-refractivity contribution is 7.15. The number of nitrogens with zero attached hydrogens (tertiary/aromatic N) is 3. The number of hydrogen-bond acceptors (Lipinski definition) is 5. The van der Waals surface area contributed by atoms with Gasteiger partial charge in [0.2, 0.25) is 0 Å². The SMILES string of the molecule is CCc1nc(-c2cnccn2)sc1CNC1CCCC1. The Morgan fingerprint density at radius 3 is 2.85 bits per heavy atom. The third-order valence-electron chi connectivity index (χ3n) is 3.80. The Labute approximate surface area is 123 Å². The van der Waals surface area contributed by atoms with E-state index in [0.29, 0.717) is 6.04 Å². The summed E-state index contributed by atoms with van der Waals surface area (Å²) in [7, 11) is 0. The maximum Gasteiger partial charge on any atom is 0.144 e. The van der Waals surface area contributed by atoms with E-state index < -0.39 is 0 Å². The summed E-state index contributed by atoms with van der Waals surface area (Å²) in [6.07, 6.45) is 11.5. The Morgan fingerprint density at radius 2 is 2.15 bits per heavy atom. The van der Waals surface area contributed by atoms with Crippen LogP contribution in [0.15, 0.2) is 18.6 Å². The average molecular weight is 288 g/mol. The van der Waals surface area contributed by atoms with Gasteiger partial charge in [0.05, 0.1) is 11.9 Å². The standard InChI is InChI=1S/C15H20N4S/c1-2-12-14(10-18-11-5-3-4-6-11)20-15(19-12)13-9-16-7-8-17-13/h7-9,11,18H,2-6,10H2,1H3. The molecular weight excluding hydrogens is 268 g/mol. The van der Waals surface area contributed by atoms with Gasteiger partial charge in [0.15, 0.2) is 0 Å². The number of hydrogen-bond donors (Lipinski definition) is 1. The zero-order chi connectivity index (χ0) is 13.8. The van der Waals surface area contributed by atoms with Crippen molar-refractivity contribution < 1.29 is 0 Å². The molecule has 20 heavy (non-hydrogen) atoms. The van der Waals surface area contributed by atoms with Crippen LogP contribution >= 0.6 is 11.3 Å². The summed E-state index contributed by atoms with van der Waals surface area (Å²) in [5.74, 6) is 0. The summed E-state index contributed by atoms with van der Waals surface area (Å²) < 4.78 is 0. The van der Waals surface area contributed by atoms with Crippen LogP contribution in [0.4, 0.5) is 0 Å². The minimum atomic E-state index is 0.696. The van der Waals surface area contributed by atoms with Gasteiger partial charge in [-0.15, -0.1) is 11.3 Å². The summed E-state index contributed by atoms with van der Waals surface area (Å²) in [5.41, 5.74) is 2.07. The van der Waals surface area contributed by atoms with Crippen molar-refractivity contribution in [2.75, 3.05) is 0 Å². The molecule has 0 aliphatic heterocycles. The fourth-order valence-corrected chi connectivity index (χ4v) is 3.75. The number of thiazole rings is 1. The fourth-order valence-electron chi connectivity index (χ4n) is 2.68. The summed E-state index contributed by atoms with van der Waals surface area (Å²) in [4.78, 5) is 14.5. The molecule has 1 saturated carbocycles. The first kappa shape index (κ1) is 13.6. The third-order valence-corrected chi connectivity index (χ3v) is 4.92. The van der Waals surface area contributed by atoms with Crippen LogP contribution in [0.2, 0.25) is 0 Å². The van der Waals surface area contributed by atoms with Crippen molar-refractivity contribution in [2.24, 2.45) is 0 Å². The van der Waals surface area contributed by atoms with Crippen LogP contribution < -0.4 is 5.32 Å². The maximum atomic E-state index is 4.72. The van der Waals surface area contributed by atoms with Crippen LogP contribution in [-0.4, -0.2) is 21.0 Å². The molecule has 2 heterocycles. The van der Waals surface area contributed by atoms with E-state index in [9.17, 15) is 0 Å². The quantitative estimate of drug-likeness (QED) is 0.918. The molecule has 0 unspecified atom stereocenters. The topological polar surface area (TPSA) is 50.7 Å². The minimum absolute atomic E-state index is 0.696. The normalized spacial score (nSPS) is 15.8. The third kappa shape index (κ3) is 3.04. The van der Waals surface area contributed by atoms with E-state index in [1.807, 2.05) is 0 Å². The minimum Gasteiger partial charge on any atom is -0.309 e. The van der Waals surface area contributed by atoms with E-state index >= 15 is 0 Å². The van der Waals surface area contributed by atoms with E-state index in [2.05, 4.69) is 22.2 Å². The highest BCUT2D eigenvalue weighted by atomic mass is 32.1. The molecule has 1 fully saturated rings. The second kappa shape index (κ2) is 6.41. The Balaban J connectivity index is 1.74. The Morgan fingerprint density at radius 1 is 1.30 bits per heavy atom. The largest absolute Gasteiger partial charge is 0.309 e. The van der Waals surface area contributed by atoms with Gasteiger partial charge in [-0.1, -0.05) is 19.8 Å². The van der Waals surface area contributed by atoms with Gasteiger partial charge in [-0.05, 0) is 19.3 Å². The molecule has 0 radical (unpaired) electrons. The molecule has 1 N–H and O–H groups in total. The lowest BCUT2D eigenvalue weighted by molar-refractivity contribution is 0.525. The molecule has 1 aliphatic rings. The van der Waals surface area contributed by atoms with Gasteiger partial charge < -0.3 is 5.32 Å². The molecule has 0 aromatic carbocycles. The molecule has 106 valence electrons. The van der Waals surface area contributed by atoms with Crippen LogP contribution in [0.3, 0.4) is 0 Å². The van der Waals surface area contributed by atoms with Crippen LogP contribution in [0.5, 0.6) is 0 Å². The Kier molecular flexibility index (Phi) is 4.38. The van der Waals surface area contributed by atoms with Crippen LogP contribution in [0.25, 0.3) is 10.7 Å². The highest BCUT2D eigenvalue weighted by Crippen LogP contribution is 2.27. The number of nitrogens with one attached hydrogen (secondary N) is 1. The number of aryl methyl sites for hydroxylation is 1. The van der Waals surface area contributed by atoms with E-state index in [1.165, 1.54) is 36.3 Å². The van der Waals surface area contributed by atoms with Gasteiger partial charge in [0.1, 0.15) is 10.7 Å². The lowest BCUT2D eigenvalue weighted by Gasteiger charge is -2.10. The Bertz CT molecular complexity index is 546. The van der Waals surface area contributed by atoms with Crippen molar-refractivity contribution in [1.29, 1.82) is 0 Å². The number of rotatable bonds is 5. The van der Waals surface area contributed by atoms with Crippen LogP contribution in [0, 0.1) is 0 Å².